The van der Waals surface area contributed by atoms with E-state index >= 15 is 0 Å². The number of hydrogen-bond acceptors (Lipinski definition) is 5. The molecule has 2 N–H and O–H groups in total. The quantitative estimate of drug-likeness (QED) is 0.700. The fourth-order valence-electron chi connectivity index (χ4n) is 3.92. The molecule has 160 valence electrons. The van der Waals surface area contributed by atoms with Crippen LogP contribution in [0.1, 0.15) is 54.7 Å². The maximum absolute atomic E-state index is 13.2. The van der Waals surface area contributed by atoms with Crippen LogP contribution in [-0.4, -0.2) is 33.7 Å². The fourth-order valence-corrected chi connectivity index (χ4v) is 3.92. The van der Waals surface area contributed by atoms with Gasteiger partial charge in [-0.25, -0.2) is 4.79 Å². The van der Waals surface area contributed by atoms with Gasteiger partial charge in [-0.2, -0.15) is 0 Å². The van der Waals surface area contributed by atoms with E-state index in [4.69, 9.17) is 9.47 Å². The van der Waals surface area contributed by atoms with E-state index in [0.717, 1.165) is 6.08 Å². The Morgan fingerprint density at radius 2 is 1.81 bits per heavy atom. The topological polar surface area (TPSA) is 93.1 Å². The normalized spacial score (nSPS) is 21.5. The highest BCUT2D eigenvalue weighted by atomic mass is 16.5. The first-order valence-corrected chi connectivity index (χ1v) is 10.1. The van der Waals surface area contributed by atoms with Gasteiger partial charge in [0.2, 0.25) is 0 Å². The van der Waals surface area contributed by atoms with Gasteiger partial charge in [-0.05, 0) is 38.5 Å². The van der Waals surface area contributed by atoms with Gasteiger partial charge < -0.3 is 19.7 Å². The lowest BCUT2D eigenvalue weighted by Crippen LogP contribution is -2.35. The van der Waals surface area contributed by atoms with Crippen molar-refractivity contribution >= 4 is 23.4 Å². The number of carboxylic acids is 1. The number of aliphatic carboxylic acids is 1. The van der Waals surface area contributed by atoms with E-state index in [1.54, 1.807) is 44.2 Å². The molecule has 31 heavy (non-hydrogen) atoms. The summed E-state index contributed by atoms with van der Waals surface area (Å²) in [5.74, 6) is -1.68. The predicted molar refractivity (Wildman–Crippen MR) is 117 cm³/mol. The van der Waals surface area contributed by atoms with Crippen molar-refractivity contribution in [1.29, 1.82) is 0 Å². The van der Waals surface area contributed by atoms with Crippen LogP contribution >= 0.6 is 0 Å². The van der Waals surface area contributed by atoms with Crippen LogP contribution in [0.15, 0.2) is 42.5 Å². The van der Waals surface area contributed by atoms with E-state index < -0.39 is 17.5 Å². The molecule has 6 nitrogen and oxygen atoms in total. The minimum absolute atomic E-state index is 0.0551. The van der Waals surface area contributed by atoms with E-state index in [1.165, 1.54) is 0 Å². The second-order valence-corrected chi connectivity index (χ2v) is 8.45. The Balaban J connectivity index is 2.11. The maximum atomic E-state index is 13.2. The highest BCUT2D eigenvalue weighted by Gasteiger charge is 2.40. The monoisotopic (exact) mass is 420 g/mol. The number of benzene rings is 2. The molecule has 4 rings (SSSR count). The molecule has 0 aromatic heterocycles. The molecule has 2 aromatic rings. The van der Waals surface area contributed by atoms with Gasteiger partial charge in [0.25, 0.3) is 0 Å². The zero-order valence-corrected chi connectivity index (χ0v) is 17.8. The van der Waals surface area contributed by atoms with Crippen LogP contribution in [0, 0.1) is 5.92 Å². The van der Waals surface area contributed by atoms with Gasteiger partial charge in [0.05, 0.1) is 17.0 Å². The van der Waals surface area contributed by atoms with Crippen molar-refractivity contribution in [3.8, 4) is 17.2 Å². The summed E-state index contributed by atoms with van der Waals surface area (Å²) in [5.41, 5.74) is 0.851. The third-order valence-electron chi connectivity index (χ3n) is 5.72. The first-order chi connectivity index (χ1) is 14.6. The Kier molecular flexibility index (Phi) is 4.88. The number of aromatic hydroxyl groups is 1. The van der Waals surface area contributed by atoms with Gasteiger partial charge in [-0.15, -0.1) is 0 Å². The zero-order chi connectivity index (χ0) is 22.5. The van der Waals surface area contributed by atoms with Crippen LogP contribution in [0.25, 0.3) is 11.6 Å². The van der Waals surface area contributed by atoms with Crippen molar-refractivity contribution < 1.29 is 29.3 Å². The van der Waals surface area contributed by atoms with Gasteiger partial charge in [0, 0.05) is 11.6 Å². The lowest BCUT2D eigenvalue weighted by molar-refractivity contribution is -0.131. The van der Waals surface area contributed by atoms with Crippen LogP contribution in [-0.2, 0) is 4.79 Å². The summed E-state index contributed by atoms with van der Waals surface area (Å²) in [5, 5.41) is 20.9. The molecule has 0 spiro atoms. The van der Waals surface area contributed by atoms with E-state index in [0.29, 0.717) is 11.1 Å². The standard InChI is InChI=1S/C25H24O6/c1-13-14(2)30-23-16-10-11-25(3,4)31-24(16)19(22(29)20(23)21(13)28)17(12-18(26)27)15-8-6-5-7-9-15/h5-14,29H,1-4H3,(H,26,27)/b17-12+. The third-order valence-corrected chi connectivity index (χ3v) is 5.72. The summed E-state index contributed by atoms with van der Waals surface area (Å²) in [6.07, 6.45) is 4.29. The Bertz CT molecular complexity index is 1140. The molecule has 0 saturated carbocycles. The first-order valence-electron chi connectivity index (χ1n) is 10.1. The Morgan fingerprint density at radius 3 is 2.45 bits per heavy atom. The summed E-state index contributed by atoms with van der Waals surface area (Å²) in [4.78, 5) is 24.9. The molecular formula is C25H24O6. The molecule has 0 radical (unpaired) electrons. The molecule has 2 heterocycles. The van der Waals surface area contributed by atoms with E-state index in [1.807, 2.05) is 26.0 Å². The Morgan fingerprint density at radius 1 is 1.13 bits per heavy atom. The SMILES string of the molecule is CC1Oc2c3c(c(/C(=C/C(=O)O)c4ccccc4)c(O)c2C(=O)C1C)OC(C)(C)C=C3. The molecule has 2 atom stereocenters. The summed E-state index contributed by atoms with van der Waals surface area (Å²) in [7, 11) is 0. The number of carbonyl (C=O) groups excluding carboxylic acids is 1. The second kappa shape index (κ2) is 7.30. The Labute approximate surface area is 180 Å². The first kappa shape index (κ1) is 20.7. The third kappa shape index (κ3) is 3.48. The molecule has 2 aromatic carbocycles. The number of Topliss-reactive ketones (excluding diaryl/α,β-unsaturated/α-hetero) is 1. The number of hydrogen-bond donors (Lipinski definition) is 2. The number of carbonyl (C=O) groups is 2. The van der Waals surface area contributed by atoms with Crippen LogP contribution in [0.2, 0.25) is 0 Å². The molecule has 0 fully saturated rings. The molecule has 6 heteroatoms. The van der Waals surface area contributed by atoms with Crippen LogP contribution < -0.4 is 9.47 Å². The average Bonchev–Trinajstić information content (AvgIpc) is 2.70. The summed E-state index contributed by atoms with van der Waals surface area (Å²) < 4.78 is 12.2. The summed E-state index contributed by atoms with van der Waals surface area (Å²) in [6.45, 7) is 7.26. The number of rotatable bonds is 3. The molecule has 0 amide bonds. The number of ketones is 1. The molecular weight excluding hydrogens is 396 g/mol. The maximum Gasteiger partial charge on any atom is 0.328 e. The second-order valence-electron chi connectivity index (χ2n) is 8.45. The van der Waals surface area contributed by atoms with Crippen molar-refractivity contribution in [2.75, 3.05) is 0 Å². The molecule has 0 bridgehead atoms. The lowest BCUT2D eigenvalue weighted by Gasteiger charge is -2.35. The largest absolute Gasteiger partial charge is 0.506 e. The Hall–Kier alpha value is -3.54. The van der Waals surface area contributed by atoms with Gasteiger partial charge in [-0.3, -0.25) is 4.79 Å². The molecule has 0 saturated heterocycles. The average molecular weight is 420 g/mol. The van der Waals surface area contributed by atoms with Crippen LogP contribution in [0.3, 0.4) is 0 Å². The number of fused-ring (bicyclic) bond motifs is 3. The van der Waals surface area contributed by atoms with Crippen molar-refractivity contribution in [3.63, 3.8) is 0 Å². The van der Waals surface area contributed by atoms with E-state index in [2.05, 4.69) is 0 Å². The van der Waals surface area contributed by atoms with Gasteiger partial charge in [-0.1, -0.05) is 37.3 Å². The number of phenolic OH excluding ortho intramolecular Hbond substituents is 1. The van der Waals surface area contributed by atoms with Crippen LogP contribution in [0.4, 0.5) is 0 Å². The van der Waals surface area contributed by atoms with Crippen molar-refractivity contribution in [2.45, 2.75) is 39.4 Å². The summed E-state index contributed by atoms with van der Waals surface area (Å²) >= 11 is 0. The van der Waals surface area contributed by atoms with Gasteiger partial charge in [0.1, 0.15) is 34.5 Å². The molecule has 0 aliphatic carbocycles. The minimum Gasteiger partial charge on any atom is -0.506 e. The van der Waals surface area contributed by atoms with Crippen molar-refractivity contribution in [2.24, 2.45) is 5.92 Å². The number of phenols is 1. The van der Waals surface area contributed by atoms with Crippen LogP contribution in [0.5, 0.6) is 17.2 Å². The van der Waals surface area contributed by atoms with E-state index in [-0.39, 0.29) is 45.8 Å². The fraction of sp³-hybridized carbons (Fsp3) is 0.280. The van der Waals surface area contributed by atoms with E-state index in [9.17, 15) is 19.8 Å². The highest BCUT2D eigenvalue weighted by Crippen LogP contribution is 2.53. The molecule has 2 aliphatic heterocycles. The highest BCUT2D eigenvalue weighted by molar-refractivity contribution is 6.09. The number of ether oxygens (including phenoxy) is 2. The lowest BCUT2D eigenvalue weighted by atomic mass is 9.83. The van der Waals surface area contributed by atoms with Crippen molar-refractivity contribution in [3.05, 3.63) is 64.7 Å². The predicted octanol–water partition coefficient (Wildman–Crippen LogP) is 4.69. The van der Waals surface area contributed by atoms with Gasteiger partial charge >= 0.3 is 5.97 Å². The van der Waals surface area contributed by atoms with Crippen molar-refractivity contribution in [1.82, 2.24) is 0 Å². The van der Waals surface area contributed by atoms with Gasteiger partial charge in [0.15, 0.2) is 5.78 Å². The molecule has 2 unspecified atom stereocenters. The summed E-state index contributed by atoms with van der Waals surface area (Å²) in [6, 6.07) is 8.85. The zero-order valence-electron chi connectivity index (χ0n) is 17.8. The number of carboxylic acid groups (broad SMARTS) is 1. The minimum atomic E-state index is -1.18. The molecule has 2 aliphatic rings. The smallest absolute Gasteiger partial charge is 0.328 e.